The number of rotatable bonds is 2. The monoisotopic (exact) mass is 318 g/mol. The summed E-state index contributed by atoms with van der Waals surface area (Å²) < 4.78 is 7.48. The van der Waals surface area contributed by atoms with E-state index in [4.69, 9.17) is 4.74 Å². The molecule has 126 valence electrons. The second-order valence-corrected chi connectivity index (χ2v) is 6.91. The molecule has 1 amide bonds. The van der Waals surface area contributed by atoms with Gasteiger partial charge in [-0.1, -0.05) is 19.3 Å². The van der Waals surface area contributed by atoms with Gasteiger partial charge in [-0.05, 0) is 12.8 Å². The van der Waals surface area contributed by atoms with E-state index in [1.54, 1.807) is 6.20 Å². The van der Waals surface area contributed by atoms with Crippen molar-refractivity contribution in [2.75, 3.05) is 32.8 Å². The van der Waals surface area contributed by atoms with Crippen LogP contribution in [0.4, 0.5) is 0 Å². The van der Waals surface area contributed by atoms with Crippen molar-refractivity contribution in [3.63, 3.8) is 0 Å². The Balaban J connectivity index is 1.38. The van der Waals surface area contributed by atoms with Crippen LogP contribution in [0.15, 0.2) is 6.20 Å². The lowest BCUT2D eigenvalue weighted by atomic mass is 9.94. The third-order valence-corrected chi connectivity index (χ3v) is 5.47. The fourth-order valence-electron chi connectivity index (χ4n) is 4.12. The molecule has 6 heteroatoms. The van der Waals surface area contributed by atoms with Gasteiger partial charge in [-0.15, -0.1) is 0 Å². The van der Waals surface area contributed by atoms with Crippen molar-refractivity contribution in [3.8, 4) is 5.88 Å². The van der Waals surface area contributed by atoms with Gasteiger partial charge in [0.25, 0.3) is 5.91 Å². The lowest BCUT2D eigenvalue weighted by Crippen LogP contribution is -2.52. The molecule has 0 N–H and O–H groups in total. The van der Waals surface area contributed by atoms with Gasteiger partial charge in [0.15, 0.2) is 0 Å². The molecule has 1 saturated carbocycles. The molecule has 2 aliphatic heterocycles. The predicted octanol–water partition coefficient (Wildman–Crippen LogP) is 1.76. The zero-order valence-corrected chi connectivity index (χ0v) is 13.7. The molecule has 0 unspecified atom stereocenters. The molecule has 1 aromatic heterocycles. The average molecular weight is 318 g/mol. The summed E-state index contributed by atoms with van der Waals surface area (Å²) in [6, 6.07) is 0.744. The SMILES string of the molecule is O=C(c1cnn2c1OCCC2)N1CCN(C2CCCCC2)CC1. The van der Waals surface area contributed by atoms with Crippen molar-refractivity contribution in [1.29, 1.82) is 0 Å². The number of hydrogen-bond acceptors (Lipinski definition) is 4. The molecule has 23 heavy (non-hydrogen) atoms. The van der Waals surface area contributed by atoms with Gasteiger partial charge < -0.3 is 9.64 Å². The lowest BCUT2D eigenvalue weighted by Gasteiger charge is -2.40. The Morgan fingerprint density at radius 1 is 1.04 bits per heavy atom. The van der Waals surface area contributed by atoms with Crippen LogP contribution in [0.3, 0.4) is 0 Å². The van der Waals surface area contributed by atoms with Gasteiger partial charge in [-0.2, -0.15) is 5.10 Å². The number of hydrogen-bond donors (Lipinski definition) is 0. The Morgan fingerprint density at radius 2 is 1.83 bits per heavy atom. The van der Waals surface area contributed by atoms with Crippen LogP contribution in [0, 0.1) is 0 Å². The van der Waals surface area contributed by atoms with Crippen molar-refractivity contribution in [2.45, 2.75) is 51.1 Å². The largest absolute Gasteiger partial charge is 0.477 e. The highest BCUT2D eigenvalue weighted by Gasteiger charge is 2.30. The topological polar surface area (TPSA) is 50.6 Å². The van der Waals surface area contributed by atoms with Crippen molar-refractivity contribution >= 4 is 5.91 Å². The van der Waals surface area contributed by atoms with Crippen molar-refractivity contribution in [1.82, 2.24) is 19.6 Å². The Labute approximate surface area is 137 Å². The molecule has 3 aliphatic rings. The molecule has 1 aliphatic carbocycles. The highest BCUT2D eigenvalue weighted by atomic mass is 16.5. The maximum atomic E-state index is 12.8. The minimum absolute atomic E-state index is 0.0800. The highest BCUT2D eigenvalue weighted by Crippen LogP contribution is 2.26. The third kappa shape index (κ3) is 2.96. The Bertz CT molecular complexity index is 557. The summed E-state index contributed by atoms with van der Waals surface area (Å²) in [4.78, 5) is 17.3. The van der Waals surface area contributed by atoms with Gasteiger partial charge in [0.2, 0.25) is 5.88 Å². The van der Waals surface area contributed by atoms with Crippen LogP contribution < -0.4 is 4.74 Å². The molecular formula is C17H26N4O2. The Hall–Kier alpha value is -1.56. The maximum Gasteiger partial charge on any atom is 0.261 e. The molecular weight excluding hydrogens is 292 g/mol. The number of carbonyl (C=O) groups is 1. The lowest BCUT2D eigenvalue weighted by molar-refractivity contribution is 0.0518. The summed E-state index contributed by atoms with van der Waals surface area (Å²) in [6.45, 7) is 5.17. The first kappa shape index (κ1) is 15.0. The number of carbonyl (C=O) groups excluding carboxylic acids is 1. The van der Waals surface area contributed by atoms with E-state index < -0.39 is 0 Å². The van der Waals surface area contributed by atoms with Crippen molar-refractivity contribution in [3.05, 3.63) is 11.8 Å². The Morgan fingerprint density at radius 3 is 2.61 bits per heavy atom. The van der Waals surface area contributed by atoms with E-state index in [0.717, 1.165) is 45.2 Å². The van der Waals surface area contributed by atoms with Crippen LogP contribution in [-0.4, -0.2) is 64.3 Å². The van der Waals surface area contributed by atoms with Crippen LogP contribution in [0.1, 0.15) is 48.9 Å². The first-order valence-corrected chi connectivity index (χ1v) is 9.05. The smallest absolute Gasteiger partial charge is 0.261 e. The second-order valence-electron chi connectivity index (χ2n) is 6.91. The fraction of sp³-hybridized carbons (Fsp3) is 0.765. The summed E-state index contributed by atoms with van der Waals surface area (Å²) in [5.74, 6) is 0.743. The predicted molar refractivity (Wildman–Crippen MR) is 86.7 cm³/mol. The van der Waals surface area contributed by atoms with E-state index in [2.05, 4.69) is 10.00 Å². The van der Waals surface area contributed by atoms with Gasteiger partial charge >= 0.3 is 0 Å². The van der Waals surface area contributed by atoms with E-state index in [1.807, 2.05) is 9.58 Å². The minimum atomic E-state index is 0.0800. The van der Waals surface area contributed by atoms with E-state index in [1.165, 1.54) is 32.1 Å². The second kappa shape index (κ2) is 6.51. The van der Waals surface area contributed by atoms with Crippen molar-refractivity contribution < 1.29 is 9.53 Å². The molecule has 1 aromatic rings. The summed E-state index contributed by atoms with van der Waals surface area (Å²) in [5.41, 5.74) is 0.635. The first-order valence-electron chi connectivity index (χ1n) is 9.05. The normalized spacial score (nSPS) is 23.4. The molecule has 0 atom stereocenters. The number of aromatic nitrogens is 2. The third-order valence-electron chi connectivity index (χ3n) is 5.47. The quantitative estimate of drug-likeness (QED) is 0.834. The van der Waals surface area contributed by atoms with Gasteiger partial charge in [-0.25, -0.2) is 4.68 Å². The zero-order valence-electron chi connectivity index (χ0n) is 13.7. The van der Waals surface area contributed by atoms with Gasteiger partial charge in [0.05, 0.1) is 12.8 Å². The zero-order chi connectivity index (χ0) is 15.6. The van der Waals surface area contributed by atoms with Crippen LogP contribution in [0.2, 0.25) is 0 Å². The molecule has 6 nitrogen and oxygen atoms in total. The minimum Gasteiger partial charge on any atom is -0.477 e. The van der Waals surface area contributed by atoms with E-state index in [-0.39, 0.29) is 5.91 Å². The van der Waals surface area contributed by atoms with Crippen LogP contribution in [-0.2, 0) is 6.54 Å². The van der Waals surface area contributed by atoms with Crippen molar-refractivity contribution in [2.24, 2.45) is 0 Å². The van der Waals surface area contributed by atoms with E-state index in [0.29, 0.717) is 18.1 Å². The summed E-state index contributed by atoms with van der Waals surface area (Å²) in [6.07, 6.45) is 9.42. The fourth-order valence-corrected chi connectivity index (χ4v) is 4.12. The number of piperazine rings is 1. The summed E-state index contributed by atoms with van der Waals surface area (Å²) in [7, 11) is 0. The highest BCUT2D eigenvalue weighted by molar-refractivity contribution is 5.96. The summed E-state index contributed by atoms with van der Waals surface area (Å²) >= 11 is 0. The maximum absolute atomic E-state index is 12.8. The number of ether oxygens (including phenoxy) is 1. The number of amides is 1. The molecule has 1 saturated heterocycles. The molecule has 0 radical (unpaired) electrons. The van der Waals surface area contributed by atoms with Gasteiger partial charge in [0, 0.05) is 45.2 Å². The summed E-state index contributed by atoms with van der Waals surface area (Å²) in [5, 5.41) is 4.29. The number of aryl methyl sites for hydroxylation is 1. The van der Waals surface area contributed by atoms with Gasteiger partial charge in [-0.3, -0.25) is 9.69 Å². The average Bonchev–Trinajstić information content (AvgIpc) is 3.06. The molecule has 0 bridgehead atoms. The van der Waals surface area contributed by atoms with E-state index >= 15 is 0 Å². The van der Waals surface area contributed by atoms with Crippen LogP contribution in [0.25, 0.3) is 0 Å². The van der Waals surface area contributed by atoms with Crippen LogP contribution in [0.5, 0.6) is 5.88 Å². The first-order chi connectivity index (χ1) is 11.3. The molecule has 0 aromatic carbocycles. The standard InChI is InChI=1S/C17H26N4O2/c22-16(15-13-18-21-7-4-12-23-17(15)21)20-10-8-19(9-11-20)14-5-2-1-3-6-14/h13-14H,1-12H2. The van der Waals surface area contributed by atoms with E-state index in [9.17, 15) is 4.79 Å². The molecule has 4 rings (SSSR count). The molecule has 0 spiro atoms. The van der Waals surface area contributed by atoms with Gasteiger partial charge in [0.1, 0.15) is 5.56 Å². The number of fused-ring (bicyclic) bond motifs is 1. The number of nitrogens with zero attached hydrogens (tertiary/aromatic N) is 4. The van der Waals surface area contributed by atoms with Crippen LogP contribution >= 0.6 is 0 Å². The molecule has 2 fully saturated rings. The molecule has 3 heterocycles. The Kier molecular flexibility index (Phi) is 4.25.